The Morgan fingerprint density at radius 2 is 1.87 bits per heavy atom. The zero-order valence-electron chi connectivity index (χ0n) is 7.78. The zero-order chi connectivity index (χ0) is 10.1. The quantitative estimate of drug-likeness (QED) is 0.793. The number of nitrogens with zero attached hydrogens (tertiary/aromatic N) is 2. The van der Waals surface area contributed by atoms with Crippen molar-refractivity contribution in [3.63, 3.8) is 0 Å². The van der Waals surface area contributed by atoms with E-state index in [1.165, 1.54) is 0 Å². The third-order valence-corrected chi connectivity index (χ3v) is 2.69. The fourth-order valence-electron chi connectivity index (χ4n) is 1.39. The molecule has 1 aliphatic heterocycles. The van der Waals surface area contributed by atoms with E-state index in [1.807, 2.05) is 0 Å². The lowest BCUT2D eigenvalue weighted by atomic mass is 10.2. The fourth-order valence-corrected chi connectivity index (χ4v) is 1.96. The molecule has 3 nitrogen and oxygen atoms in total. The van der Waals surface area contributed by atoms with Crippen LogP contribution in [0, 0.1) is 0 Å². The van der Waals surface area contributed by atoms with Gasteiger partial charge >= 0.3 is 0 Å². The maximum Gasteiger partial charge on any atom is 0.148 e. The first-order chi connectivity index (χ1) is 6.70. The van der Waals surface area contributed by atoms with Gasteiger partial charge in [0.05, 0.1) is 28.7 Å². The van der Waals surface area contributed by atoms with Gasteiger partial charge in [0, 0.05) is 0 Å². The molecule has 0 aromatic heterocycles. The second-order valence-corrected chi connectivity index (χ2v) is 3.81. The maximum atomic E-state index is 6.03. The van der Waals surface area contributed by atoms with Gasteiger partial charge in [-0.05, 0) is 12.1 Å². The molecule has 15 heavy (non-hydrogen) atoms. The summed E-state index contributed by atoms with van der Waals surface area (Å²) < 4.78 is 0. The standard InChI is InChI=1S/C9H9Cl2N3.ClH/c10-6-2-1-3-7(11)8(6)9-13-4-5-14(9)12;/h1-3H,4-5,12H2;1H. The summed E-state index contributed by atoms with van der Waals surface area (Å²) in [5.74, 6) is 6.40. The van der Waals surface area contributed by atoms with E-state index in [2.05, 4.69) is 4.99 Å². The van der Waals surface area contributed by atoms with E-state index in [1.54, 1.807) is 23.2 Å². The molecule has 1 heterocycles. The number of hydrazine groups is 1. The Balaban J connectivity index is 0.00000112. The number of hydrogen-bond acceptors (Lipinski definition) is 3. The third kappa shape index (κ3) is 2.37. The lowest BCUT2D eigenvalue weighted by molar-refractivity contribution is 0.484. The van der Waals surface area contributed by atoms with Crippen molar-refractivity contribution in [1.29, 1.82) is 0 Å². The van der Waals surface area contributed by atoms with Gasteiger partial charge in [-0.25, -0.2) is 5.84 Å². The van der Waals surface area contributed by atoms with Crippen LogP contribution in [-0.4, -0.2) is 23.9 Å². The molecule has 1 aromatic rings. The minimum absolute atomic E-state index is 0. The zero-order valence-corrected chi connectivity index (χ0v) is 10.1. The minimum Gasteiger partial charge on any atom is -0.293 e. The van der Waals surface area contributed by atoms with Crippen LogP contribution in [0.25, 0.3) is 0 Å². The molecule has 0 unspecified atom stereocenters. The number of aliphatic imine (C=N–C) groups is 1. The van der Waals surface area contributed by atoms with Crippen molar-refractivity contribution in [3.05, 3.63) is 33.8 Å². The van der Waals surface area contributed by atoms with Crippen molar-refractivity contribution in [1.82, 2.24) is 5.01 Å². The molecule has 0 spiro atoms. The lowest BCUT2D eigenvalue weighted by Crippen LogP contribution is -2.35. The Bertz CT molecular complexity index is 372. The van der Waals surface area contributed by atoms with E-state index in [0.717, 1.165) is 5.56 Å². The van der Waals surface area contributed by atoms with E-state index in [9.17, 15) is 0 Å². The van der Waals surface area contributed by atoms with Gasteiger partial charge in [0.2, 0.25) is 0 Å². The highest BCUT2D eigenvalue weighted by Gasteiger charge is 2.20. The van der Waals surface area contributed by atoms with Gasteiger partial charge in [0.25, 0.3) is 0 Å². The topological polar surface area (TPSA) is 41.6 Å². The fraction of sp³-hybridized carbons (Fsp3) is 0.222. The molecule has 0 radical (unpaired) electrons. The van der Waals surface area contributed by atoms with Crippen LogP contribution in [0.5, 0.6) is 0 Å². The second kappa shape index (κ2) is 5.03. The van der Waals surface area contributed by atoms with Crippen LogP contribution in [0.1, 0.15) is 5.56 Å². The molecule has 6 heteroatoms. The number of rotatable bonds is 1. The highest BCUT2D eigenvalue weighted by atomic mass is 35.5. The van der Waals surface area contributed by atoms with E-state index >= 15 is 0 Å². The first-order valence-electron chi connectivity index (χ1n) is 4.21. The number of nitrogens with two attached hydrogens (primary N) is 1. The van der Waals surface area contributed by atoms with E-state index in [4.69, 9.17) is 29.0 Å². The summed E-state index contributed by atoms with van der Waals surface area (Å²) in [4.78, 5) is 4.26. The minimum atomic E-state index is 0. The summed E-state index contributed by atoms with van der Waals surface area (Å²) in [6.07, 6.45) is 0. The van der Waals surface area contributed by atoms with E-state index in [0.29, 0.717) is 29.0 Å². The molecule has 0 saturated heterocycles. The molecule has 0 atom stereocenters. The Morgan fingerprint density at radius 3 is 2.33 bits per heavy atom. The number of benzene rings is 1. The average Bonchev–Trinajstić information content (AvgIpc) is 2.52. The summed E-state index contributed by atoms with van der Waals surface area (Å²) in [7, 11) is 0. The predicted octanol–water partition coefficient (Wildman–Crippen LogP) is 2.35. The summed E-state index contributed by atoms with van der Waals surface area (Å²) in [6, 6.07) is 5.35. The highest BCUT2D eigenvalue weighted by Crippen LogP contribution is 2.26. The first-order valence-corrected chi connectivity index (χ1v) is 4.97. The Kier molecular flexibility index (Phi) is 4.22. The second-order valence-electron chi connectivity index (χ2n) is 3.00. The number of halogens is 3. The average molecular weight is 267 g/mol. The predicted molar refractivity (Wildman–Crippen MR) is 66.0 cm³/mol. The Labute approximate surface area is 104 Å². The van der Waals surface area contributed by atoms with Crippen LogP contribution in [0.15, 0.2) is 23.2 Å². The maximum absolute atomic E-state index is 6.03. The molecular weight excluding hydrogens is 256 g/mol. The molecule has 0 amide bonds. The normalized spacial score (nSPS) is 14.9. The van der Waals surface area contributed by atoms with Gasteiger partial charge in [-0.2, -0.15) is 0 Å². The summed E-state index contributed by atoms with van der Waals surface area (Å²) >= 11 is 12.1. The SMILES string of the molecule is Cl.NN1CCN=C1c1c(Cl)cccc1Cl. The van der Waals surface area contributed by atoms with Gasteiger partial charge in [0.15, 0.2) is 0 Å². The van der Waals surface area contributed by atoms with Gasteiger partial charge in [-0.1, -0.05) is 29.3 Å². The molecular formula is C9H10Cl3N3. The summed E-state index contributed by atoms with van der Waals surface area (Å²) in [6.45, 7) is 1.39. The van der Waals surface area contributed by atoms with Crippen molar-refractivity contribution in [3.8, 4) is 0 Å². The molecule has 2 rings (SSSR count). The van der Waals surface area contributed by atoms with Gasteiger partial charge in [0.1, 0.15) is 5.84 Å². The largest absolute Gasteiger partial charge is 0.293 e. The monoisotopic (exact) mass is 265 g/mol. The molecule has 0 saturated carbocycles. The van der Waals surface area contributed by atoms with Crippen LogP contribution in [-0.2, 0) is 0 Å². The van der Waals surface area contributed by atoms with Crippen molar-refractivity contribution in [2.75, 3.05) is 13.1 Å². The van der Waals surface area contributed by atoms with Crippen molar-refractivity contribution in [2.24, 2.45) is 10.8 Å². The molecule has 1 aliphatic rings. The molecule has 2 N–H and O–H groups in total. The van der Waals surface area contributed by atoms with Crippen molar-refractivity contribution < 1.29 is 0 Å². The van der Waals surface area contributed by atoms with E-state index < -0.39 is 0 Å². The van der Waals surface area contributed by atoms with Gasteiger partial charge < -0.3 is 0 Å². The van der Waals surface area contributed by atoms with Crippen LogP contribution < -0.4 is 5.84 Å². The molecule has 0 bridgehead atoms. The summed E-state index contributed by atoms with van der Waals surface area (Å²) in [5, 5.41) is 2.72. The number of amidine groups is 1. The van der Waals surface area contributed by atoms with Crippen LogP contribution >= 0.6 is 35.6 Å². The highest BCUT2D eigenvalue weighted by molar-refractivity contribution is 6.40. The Morgan fingerprint density at radius 1 is 1.27 bits per heavy atom. The van der Waals surface area contributed by atoms with Gasteiger partial charge in [-0.3, -0.25) is 10.0 Å². The van der Waals surface area contributed by atoms with Crippen LogP contribution in [0.2, 0.25) is 10.0 Å². The molecule has 0 fully saturated rings. The number of hydrogen-bond donors (Lipinski definition) is 1. The first kappa shape index (κ1) is 12.6. The molecule has 82 valence electrons. The molecule has 1 aromatic carbocycles. The van der Waals surface area contributed by atoms with Gasteiger partial charge in [-0.15, -0.1) is 12.4 Å². The lowest BCUT2D eigenvalue weighted by Gasteiger charge is -2.15. The third-order valence-electron chi connectivity index (χ3n) is 2.06. The van der Waals surface area contributed by atoms with Crippen molar-refractivity contribution in [2.45, 2.75) is 0 Å². The Hall–Kier alpha value is -0.480. The van der Waals surface area contributed by atoms with Crippen molar-refractivity contribution >= 4 is 41.4 Å². The van der Waals surface area contributed by atoms with Crippen LogP contribution in [0.3, 0.4) is 0 Å². The smallest absolute Gasteiger partial charge is 0.148 e. The van der Waals surface area contributed by atoms with Crippen LogP contribution in [0.4, 0.5) is 0 Å². The molecule has 0 aliphatic carbocycles. The van der Waals surface area contributed by atoms with E-state index in [-0.39, 0.29) is 12.4 Å². The summed E-state index contributed by atoms with van der Waals surface area (Å²) in [5.41, 5.74) is 0.718.